The van der Waals surface area contributed by atoms with Crippen molar-refractivity contribution in [2.45, 2.75) is 13.5 Å². The Bertz CT molecular complexity index is 709. The molecule has 0 saturated carbocycles. The molecule has 1 aliphatic rings. The number of hydrogen-bond acceptors (Lipinski definition) is 2. The Hall–Kier alpha value is -2.62. The van der Waals surface area contributed by atoms with Gasteiger partial charge in [0.1, 0.15) is 0 Å². The summed E-state index contributed by atoms with van der Waals surface area (Å²) < 4.78 is 0. The van der Waals surface area contributed by atoms with Crippen LogP contribution in [0.5, 0.6) is 0 Å². The van der Waals surface area contributed by atoms with Crippen LogP contribution >= 0.6 is 0 Å². The van der Waals surface area contributed by atoms with Crippen molar-refractivity contribution in [3.63, 3.8) is 0 Å². The van der Waals surface area contributed by atoms with E-state index in [1.54, 1.807) is 17.0 Å². The van der Waals surface area contributed by atoms with E-state index in [1.165, 1.54) is 0 Å². The summed E-state index contributed by atoms with van der Waals surface area (Å²) in [6.45, 7) is 2.52. The van der Waals surface area contributed by atoms with Crippen LogP contribution in [0.25, 0.3) is 0 Å². The van der Waals surface area contributed by atoms with E-state index in [1.807, 2.05) is 43.3 Å². The summed E-state index contributed by atoms with van der Waals surface area (Å²) in [5, 5.41) is 2.65. The van der Waals surface area contributed by atoms with Gasteiger partial charge < -0.3 is 10.2 Å². The molecule has 0 saturated heterocycles. The van der Waals surface area contributed by atoms with Gasteiger partial charge in [-0.25, -0.2) is 0 Å². The van der Waals surface area contributed by atoms with Crippen LogP contribution < -0.4 is 10.2 Å². The summed E-state index contributed by atoms with van der Waals surface area (Å²) in [4.78, 5) is 26.1. The van der Waals surface area contributed by atoms with Crippen molar-refractivity contribution in [1.82, 2.24) is 5.32 Å². The fourth-order valence-corrected chi connectivity index (χ4v) is 2.51. The molecule has 0 atom stereocenters. The summed E-state index contributed by atoms with van der Waals surface area (Å²) in [5.74, 6) is -0.303. The predicted molar refractivity (Wildman–Crippen MR) is 81.1 cm³/mol. The quantitative estimate of drug-likeness (QED) is 0.917. The van der Waals surface area contributed by atoms with Gasteiger partial charge in [0.25, 0.3) is 5.91 Å². The second kappa shape index (κ2) is 5.40. The van der Waals surface area contributed by atoms with E-state index in [0.717, 1.165) is 11.1 Å². The van der Waals surface area contributed by atoms with Gasteiger partial charge in [-0.1, -0.05) is 36.4 Å². The van der Waals surface area contributed by atoms with E-state index in [0.29, 0.717) is 17.8 Å². The molecular formula is C17H16N2O2. The average Bonchev–Trinajstić information content (AvgIpc) is 2.62. The molecule has 4 heteroatoms. The second-order valence-corrected chi connectivity index (χ2v) is 5.11. The molecule has 106 valence electrons. The number of para-hydroxylation sites is 1. The first-order valence-electron chi connectivity index (χ1n) is 6.89. The third-order valence-corrected chi connectivity index (χ3v) is 3.73. The third kappa shape index (κ3) is 2.52. The minimum Gasteiger partial charge on any atom is -0.343 e. The number of aryl methyl sites for hydroxylation is 1. The molecular weight excluding hydrogens is 264 g/mol. The Morgan fingerprint density at radius 2 is 1.76 bits per heavy atom. The molecule has 1 aliphatic heterocycles. The molecule has 0 aliphatic carbocycles. The van der Waals surface area contributed by atoms with Crippen LogP contribution in [0.4, 0.5) is 5.69 Å². The van der Waals surface area contributed by atoms with Crippen molar-refractivity contribution < 1.29 is 9.59 Å². The molecule has 2 amide bonds. The number of fused-ring (bicyclic) bond motifs is 1. The highest BCUT2D eigenvalue weighted by Crippen LogP contribution is 2.25. The minimum absolute atomic E-state index is 0.0272. The average molecular weight is 280 g/mol. The van der Waals surface area contributed by atoms with E-state index in [9.17, 15) is 9.59 Å². The first-order chi connectivity index (χ1) is 10.2. The van der Waals surface area contributed by atoms with Gasteiger partial charge in [0.05, 0.1) is 24.3 Å². The highest BCUT2D eigenvalue weighted by molar-refractivity contribution is 6.09. The zero-order chi connectivity index (χ0) is 14.8. The monoisotopic (exact) mass is 280 g/mol. The van der Waals surface area contributed by atoms with E-state index < -0.39 is 0 Å². The number of benzene rings is 2. The largest absolute Gasteiger partial charge is 0.343 e. The van der Waals surface area contributed by atoms with Gasteiger partial charge in [-0.2, -0.15) is 0 Å². The Balaban J connectivity index is 2.04. The molecule has 1 heterocycles. The SMILES string of the molecule is Cc1ccccc1CN1C(=O)CNC(=O)c2ccccc21. The fraction of sp³-hybridized carbons (Fsp3) is 0.176. The third-order valence-electron chi connectivity index (χ3n) is 3.73. The molecule has 3 rings (SSSR count). The predicted octanol–water partition coefficient (Wildman–Crippen LogP) is 2.27. The van der Waals surface area contributed by atoms with Crippen LogP contribution in [-0.4, -0.2) is 18.4 Å². The molecule has 0 bridgehead atoms. The second-order valence-electron chi connectivity index (χ2n) is 5.11. The number of amides is 2. The van der Waals surface area contributed by atoms with Gasteiger partial charge >= 0.3 is 0 Å². The van der Waals surface area contributed by atoms with E-state index in [2.05, 4.69) is 5.32 Å². The van der Waals surface area contributed by atoms with Crippen molar-refractivity contribution in [1.29, 1.82) is 0 Å². The normalized spacial score (nSPS) is 14.4. The summed E-state index contributed by atoms with van der Waals surface area (Å²) in [6.07, 6.45) is 0. The van der Waals surface area contributed by atoms with Crippen LogP contribution in [0.1, 0.15) is 21.5 Å². The number of carbonyl (C=O) groups is 2. The topological polar surface area (TPSA) is 49.4 Å². The number of rotatable bonds is 2. The van der Waals surface area contributed by atoms with Gasteiger partial charge in [-0.05, 0) is 30.2 Å². The van der Waals surface area contributed by atoms with Crippen LogP contribution in [0.15, 0.2) is 48.5 Å². The number of hydrogen-bond donors (Lipinski definition) is 1. The summed E-state index contributed by atoms with van der Waals surface area (Å²) in [6, 6.07) is 15.2. The number of anilines is 1. The van der Waals surface area contributed by atoms with Crippen LogP contribution in [0, 0.1) is 6.92 Å². The van der Waals surface area contributed by atoms with E-state index >= 15 is 0 Å². The molecule has 0 unspecified atom stereocenters. The van der Waals surface area contributed by atoms with Crippen LogP contribution in [0.3, 0.4) is 0 Å². The highest BCUT2D eigenvalue weighted by atomic mass is 16.2. The maximum Gasteiger partial charge on any atom is 0.253 e. The minimum atomic E-state index is -0.203. The Kier molecular flexibility index (Phi) is 3.44. The summed E-state index contributed by atoms with van der Waals surface area (Å²) >= 11 is 0. The number of nitrogens with one attached hydrogen (secondary N) is 1. The summed E-state index contributed by atoms with van der Waals surface area (Å²) in [7, 11) is 0. The highest BCUT2D eigenvalue weighted by Gasteiger charge is 2.26. The standard InChI is InChI=1S/C17H16N2O2/c1-12-6-2-3-7-13(12)11-19-15-9-5-4-8-14(15)17(21)18-10-16(19)20/h2-9H,10-11H2,1H3,(H,18,21). The molecule has 1 N–H and O–H groups in total. The molecule has 2 aromatic carbocycles. The number of nitrogens with zero attached hydrogens (tertiary/aromatic N) is 1. The molecule has 21 heavy (non-hydrogen) atoms. The van der Waals surface area contributed by atoms with Gasteiger partial charge in [0, 0.05) is 0 Å². The van der Waals surface area contributed by atoms with Gasteiger partial charge in [0.2, 0.25) is 5.91 Å². The molecule has 0 fully saturated rings. The molecule has 0 spiro atoms. The molecule has 0 radical (unpaired) electrons. The lowest BCUT2D eigenvalue weighted by atomic mass is 10.1. The van der Waals surface area contributed by atoms with Gasteiger partial charge in [-0.15, -0.1) is 0 Å². The van der Waals surface area contributed by atoms with Crippen molar-refractivity contribution >= 4 is 17.5 Å². The maximum atomic E-state index is 12.3. The van der Waals surface area contributed by atoms with Crippen LogP contribution in [-0.2, 0) is 11.3 Å². The van der Waals surface area contributed by atoms with Crippen molar-refractivity contribution in [2.24, 2.45) is 0 Å². The first kappa shape index (κ1) is 13.4. The molecule has 4 nitrogen and oxygen atoms in total. The first-order valence-corrected chi connectivity index (χ1v) is 6.89. The van der Waals surface area contributed by atoms with Crippen molar-refractivity contribution in [2.75, 3.05) is 11.4 Å². The van der Waals surface area contributed by atoms with Gasteiger partial charge in [-0.3, -0.25) is 9.59 Å². The zero-order valence-corrected chi connectivity index (χ0v) is 11.8. The van der Waals surface area contributed by atoms with E-state index in [4.69, 9.17) is 0 Å². The Morgan fingerprint density at radius 3 is 2.57 bits per heavy atom. The lowest BCUT2D eigenvalue weighted by Crippen LogP contribution is -2.36. The fourth-order valence-electron chi connectivity index (χ4n) is 2.51. The zero-order valence-electron chi connectivity index (χ0n) is 11.8. The summed E-state index contributed by atoms with van der Waals surface area (Å²) in [5.41, 5.74) is 3.42. The van der Waals surface area contributed by atoms with Crippen molar-refractivity contribution in [3.05, 3.63) is 65.2 Å². The maximum absolute atomic E-state index is 12.3. The van der Waals surface area contributed by atoms with Crippen LogP contribution in [0.2, 0.25) is 0 Å². The number of carbonyl (C=O) groups excluding carboxylic acids is 2. The molecule has 2 aromatic rings. The Morgan fingerprint density at radius 1 is 1.05 bits per heavy atom. The van der Waals surface area contributed by atoms with Gasteiger partial charge in [0.15, 0.2) is 0 Å². The molecule has 0 aromatic heterocycles. The lowest BCUT2D eigenvalue weighted by Gasteiger charge is -2.23. The lowest BCUT2D eigenvalue weighted by molar-refractivity contribution is -0.117. The van der Waals surface area contributed by atoms with E-state index in [-0.39, 0.29) is 18.4 Å². The smallest absolute Gasteiger partial charge is 0.253 e. The Labute approximate surface area is 123 Å². The van der Waals surface area contributed by atoms with Crippen molar-refractivity contribution in [3.8, 4) is 0 Å².